The summed E-state index contributed by atoms with van der Waals surface area (Å²) >= 11 is 0. The molecular weight excluding hydrogens is 937 g/mol. The molecule has 6 atom stereocenters. The SMILES string of the molecule is CCOCNCCC(CNCOCC)C(CNCOCC)C(CNCOCC)COCCCCOCC(OCCOCCCN)C(OCCOCCCN)C(COCCOCCCN)OCCOCCCN. The number of rotatable bonds is 63. The maximum atomic E-state index is 6.57. The zero-order chi connectivity index (χ0) is 52.5. The highest BCUT2D eigenvalue weighted by Gasteiger charge is 2.33. The highest BCUT2D eigenvalue weighted by molar-refractivity contribution is 4.83. The van der Waals surface area contributed by atoms with E-state index in [4.69, 9.17) is 89.3 Å². The largest absolute Gasteiger partial charge is 0.381 e. The fraction of sp³-hybridized carbons (Fsp3) is 1.00. The Hall–Kier alpha value is -0.880. The molecule has 0 aromatic rings. The number of hydrogen-bond donors (Lipinski definition) is 8. The third kappa shape index (κ3) is 45.3. The molecule has 0 aromatic carbocycles. The maximum absolute atomic E-state index is 6.57. The van der Waals surface area contributed by atoms with Crippen molar-refractivity contribution in [2.75, 3.05) is 218 Å². The standard InChI is InChI=1S/C50H110N8O14/c1-5-59-41-55-20-15-45(35-56-42-60-6-2)47(37-58-44-62-8-4)46(36-57-43-61-7-3)38-67-21-9-10-22-68-39-48(70-32-29-64-24-12-17-52)50(72-34-31-66-26-14-19-54)49(71-33-30-65-25-13-18-53)40-69-28-27-63-23-11-16-51/h45-50,55-58H,5-44,51-54H2,1-4H3. The van der Waals surface area contributed by atoms with Gasteiger partial charge in [-0.25, -0.2) is 0 Å². The molecule has 0 amide bonds. The zero-order valence-corrected chi connectivity index (χ0v) is 45.8. The minimum atomic E-state index is -0.583. The van der Waals surface area contributed by atoms with Crippen LogP contribution in [0.5, 0.6) is 0 Å². The number of ether oxygens (including phenoxy) is 14. The summed E-state index contributed by atoms with van der Waals surface area (Å²) in [6.07, 6.45) is 3.97. The zero-order valence-electron chi connectivity index (χ0n) is 45.8. The van der Waals surface area contributed by atoms with Gasteiger partial charge in [0.15, 0.2) is 0 Å². The Balaban J connectivity index is 6.09. The van der Waals surface area contributed by atoms with Crippen LogP contribution in [0.1, 0.15) is 72.6 Å². The van der Waals surface area contributed by atoms with Gasteiger partial charge in [-0.15, -0.1) is 0 Å². The van der Waals surface area contributed by atoms with Gasteiger partial charge in [-0.2, -0.15) is 0 Å². The highest BCUT2D eigenvalue weighted by Crippen LogP contribution is 2.25. The number of unbranched alkanes of at least 4 members (excludes halogenated alkanes) is 1. The van der Waals surface area contributed by atoms with Gasteiger partial charge in [-0.05, 0) is 123 Å². The van der Waals surface area contributed by atoms with E-state index in [0.29, 0.717) is 185 Å². The molecule has 0 saturated heterocycles. The van der Waals surface area contributed by atoms with Crippen LogP contribution in [0.15, 0.2) is 0 Å². The molecule has 0 rings (SSSR count). The molecule has 0 bridgehead atoms. The topological polar surface area (TPSA) is 281 Å². The summed E-state index contributed by atoms with van der Waals surface area (Å²) in [7, 11) is 0. The van der Waals surface area contributed by atoms with Gasteiger partial charge in [0.1, 0.15) is 18.3 Å². The molecule has 0 radical (unpaired) electrons. The fourth-order valence-electron chi connectivity index (χ4n) is 7.29. The third-order valence-corrected chi connectivity index (χ3v) is 11.2. The average Bonchev–Trinajstić information content (AvgIpc) is 3.39. The van der Waals surface area contributed by atoms with Crippen LogP contribution in [0.25, 0.3) is 0 Å². The lowest BCUT2D eigenvalue weighted by Gasteiger charge is -2.35. The molecule has 0 aliphatic rings. The molecule has 0 fully saturated rings. The predicted molar refractivity (Wildman–Crippen MR) is 282 cm³/mol. The summed E-state index contributed by atoms with van der Waals surface area (Å²) in [4.78, 5) is 0. The van der Waals surface area contributed by atoms with Crippen molar-refractivity contribution in [2.24, 2.45) is 40.7 Å². The van der Waals surface area contributed by atoms with Gasteiger partial charge >= 0.3 is 0 Å². The monoisotopic (exact) mass is 1050 g/mol. The molecule has 12 N–H and O–H groups in total. The average molecular weight is 1050 g/mol. The van der Waals surface area contributed by atoms with E-state index in [1.807, 2.05) is 27.7 Å². The molecule has 0 aromatic heterocycles. The number of hydrogen-bond acceptors (Lipinski definition) is 22. The summed E-state index contributed by atoms with van der Waals surface area (Å²) in [6, 6.07) is 0. The Bertz CT molecular complexity index is 1030. The van der Waals surface area contributed by atoms with Crippen molar-refractivity contribution in [3.05, 3.63) is 0 Å². The van der Waals surface area contributed by atoms with E-state index in [9.17, 15) is 0 Å². The van der Waals surface area contributed by atoms with E-state index in [1.165, 1.54) is 0 Å². The fourth-order valence-corrected chi connectivity index (χ4v) is 7.29. The van der Waals surface area contributed by atoms with Crippen molar-refractivity contribution in [1.82, 2.24) is 21.3 Å². The first-order valence-electron chi connectivity index (χ1n) is 27.4. The lowest BCUT2D eigenvalue weighted by atomic mass is 9.79. The summed E-state index contributed by atoms with van der Waals surface area (Å²) in [5.74, 6) is 0.737. The first-order chi connectivity index (χ1) is 35.6. The molecule has 0 aliphatic heterocycles. The van der Waals surface area contributed by atoms with Gasteiger partial charge in [0, 0.05) is 85.7 Å². The van der Waals surface area contributed by atoms with E-state index in [-0.39, 0.29) is 25.0 Å². The first kappa shape index (κ1) is 71.1. The van der Waals surface area contributed by atoms with Crippen molar-refractivity contribution >= 4 is 0 Å². The van der Waals surface area contributed by atoms with Gasteiger partial charge in [0.05, 0.1) is 99.6 Å². The number of nitrogens with one attached hydrogen (secondary N) is 4. The highest BCUT2D eigenvalue weighted by atomic mass is 16.6. The van der Waals surface area contributed by atoms with E-state index >= 15 is 0 Å². The van der Waals surface area contributed by atoms with E-state index in [1.54, 1.807) is 0 Å². The Morgan fingerprint density at radius 1 is 0.333 bits per heavy atom. The maximum Gasteiger partial charge on any atom is 0.114 e. The summed E-state index contributed by atoms with van der Waals surface area (Å²) < 4.78 is 84.3. The molecule has 6 unspecified atom stereocenters. The Labute approximate surface area is 436 Å². The quantitative estimate of drug-likeness (QED) is 0.0312. The molecule has 0 spiro atoms. The molecule has 0 heterocycles. The van der Waals surface area contributed by atoms with Crippen LogP contribution in [0.2, 0.25) is 0 Å². The van der Waals surface area contributed by atoms with Gasteiger partial charge < -0.3 is 89.3 Å². The molecule has 0 aliphatic carbocycles. The van der Waals surface area contributed by atoms with Gasteiger partial charge in [0.25, 0.3) is 0 Å². The minimum Gasteiger partial charge on any atom is -0.381 e. The second-order valence-electron chi connectivity index (χ2n) is 17.0. The smallest absolute Gasteiger partial charge is 0.114 e. The van der Waals surface area contributed by atoms with E-state index < -0.39 is 18.3 Å². The van der Waals surface area contributed by atoms with Gasteiger partial charge in [-0.3, -0.25) is 21.3 Å². The van der Waals surface area contributed by atoms with Crippen LogP contribution in [-0.4, -0.2) is 236 Å². The van der Waals surface area contributed by atoms with Crippen LogP contribution in [-0.2, 0) is 66.3 Å². The molecular formula is C50H110N8O14. The van der Waals surface area contributed by atoms with Crippen LogP contribution in [0, 0.1) is 17.8 Å². The summed E-state index contributed by atoms with van der Waals surface area (Å²) in [5.41, 5.74) is 22.7. The summed E-state index contributed by atoms with van der Waals surface area (Å²) in [6.45, 7) is 25.2. The normalized spacial score (nSPS) is 14.5. The molecule has 434 valence electrons. The Morgan fingerprint density at radius 2 is 0.694 bits per heavy atom. The van der Waals surface area contributed by atoms with Gasteiger partial charge in [-0.1, -0.05) is 0 Å². The Kier molecular flexibility index (Phi) is 58.6. The molecule has 0 saturated carbocycles. The minimum absolute atomic E-state index is 0.183. The van der Waals surface area contributed by atoms with Crippen molar-refractivity contribution < 1.29 is 66.3 Å². The first-order valence-corrected chi connectivity index (χ1v) is 27.4. The second-order valence-corrected chi connectivity index (χ2v) is 17.0. The van der Waals surface area contributed by atoms with Crippen molar-refractivity contribution in [3.63, 3.8) is 0 Å². The molecule has 22 heteroatoms. The number of nitrogens with two attached hydrogens (primary N) is 4. The summed E-state index contributed by atoms with van der Waals surface area (Å²) in [5, 5.41) is 14.1. The lowest BCUT2D eigenvalue weighted by molar-refractivity contribution is -0.179. The van der Waals surface area contributed by atoms with Crippen LogP contribution in [0.4, 0.5) is 0 Å². The Morgan fingerprint density at radius 3 is 1.15 bits per heavy atom. The van der Waals surface area contributed by atoms with Crippen molar-refractivity contribution in [1.29, 1.82) is 0 Å². The van der Waals surface area contributed by atoms with Crippen LogP contribution in [0.3, 0.4) is 0 Å². The molecule has 72 heavy (non-hydrogen) atoms. The second kappa shape index (κ2) is 59.4. The van der Waals surface area contributed by atoms with E-state index in [2.05, 4.69) is 21.3 Å². The van der Waals surface area contributed by atoms with E-state index in [0.717, 1.165) is 71.1 Å². The van der Waals surface area contributed by atoms with Gasteiger partial charge in [0.2, 0.25) is 0 Å². The third-order valence-electron chi connectivity index (χ3n) is 11.2. The lowest BCUT2D eigenvalue weighted by Crippen LogP contribution is -2.48. The predicted octanol–water partition coefficient (Wildman–Crippen LogP) is 1.01. The van der Waals surface area contributed by atoms with Crippen LogP contribution >= 0.6 is 0 Å². The molecule has 22 nitrogen and oxygen atoms in total. The van der Waals surface area contributed by atoms with Crippen molar-refractivity contribution in [2.45, 2.75) is 91.0 Å². The van der Waals surface area contributed by atoms with Crippen molar-refractivity contribution in [3.8, 4) is 0 Å². The van der Waals surface area contributed by atoms with Crippen LogP contribution < -0.4 is 44.2 Å².